The predicted molar refractivity (Wildman–Crippen MR) is 71.7 cm³/mol. The minimum atomic E-state index is -0.733. The number of aryl methyl sites for hydroxylation is 1. The first-order chi connectivity index (χ1) is 7.99. The summed E-state index contributed by atoms with van der Waals surface area (Å²) in [4.78, 5) is 10.9. The molecular formula is C12H13BrClNO2. The molecule has 1 fully saturated rings. The fourth-order valence-electron chi connectivity index (χ4n) is 1.92. The Hall–Kier alpha value is -0.740. The molecule has 92 valence electrons. The molecule has 0 spiro atoms. The summed E-state index contributed by atoms with van der Waals surface area (Å²) in [5.41, 5.74) is 1.85. The largest absolute Gasteiger partial charge is 0.481 e. The van der Waals surface area contributed by atoms with Gasteiger partial charge >= 0.3 is 5.97 Å². The fraction of sp³-hybridized carbons (Fsp3) is 0.417. The number of halogens is 2. The molecule has 2 rings (SSSR count). The van der Waals surface area contributed by atoms with E-state index in [2.05, 4.69) is 21.2 Å². The standard InChI is InChI=1S/C12H13BrClNO2/c1-6-4-8(13)11(5-9(6)14)15-10-3-2-7(10)12(16)17/h4-5,7,10,15H,2-3H2,1H3,(H,16,17). The van der Waals surface area contributed by atoms with Crippen LogP contribution in [0.25, 0.3) is 0 Å². The van der Waals surface area contributed by atoms with Crippen molar-refractivity contribution in [1.82, 2.24) is 0 Å². The van der Waals surface area contributed by atoms with Crippen molar-refractivity contribution >= 4 is 39.2 Å². The van der Waals surface area contributed by atoms with E-state index in [1.54, 1.807) is 0 Å². The summed E-state index contributed by atoms with van der Waals surface area (Å²) in [7, 11) is 0. The van der Waals surface area contributed by atoms with Crippen LogP contribution >= 0.6 is 27.5 Å². The summed E-state index contributed by atoms with van der Waals surface area (Å²) in [6, 6.07) is 3.76. The lowest BCUT2D eigenvalue weighted by Gasteiger charge is -2.35. The summed E-state index contributed by atoms with van der Waals surface area (Å²) in [6.45, 7) is 1.93. The third-order valence-corrected chi connectivity index (χ3v) is 4.24. The van der Waals surface area contributed by atoms with Crippen molar-refractivity contribution in [1.29, 1.82) is 0 Å². The topological polar surface area (TPSA) is 49.3 Å². The second kappa shape index (κ2) is 4.86. The summed E-state index contributed by atoms with van der Waals surface area (Å²) < 4.78 is 0.912. The number of rotatable bonds is 3. The van der Waals surface area contributed by atoms with Crippen LogP contribution in [0.2, 0.25) is 5.02 Å². The first-order valence-corrected chi connectivity index (χ1v) is 6.61. The first-order valence-electron chi connectivity index (χ1n) is 5.44. The van der Waals surface area contributed by atoms with Gasteiger partial charge in [0.2, 0.25) is 0 Å². The zero-order valence-electron chi connectivity index (χ0n) is 9.34. The molecule has 17 heavy (non-hydrogen) atoms. The normalized spacial score (nSPS) is 23.0. The number of hydrogen-bond acceptors (Lipinski definition) is 2. The van der Waals surface area contributed by atoms with Crippen molar-refractivity contribution in [3.8, 4) is 0 Å². The minimum absolute atomic E-state index is 0.00238. The molecule has 1 aliphatic carbocycles. The fourth-order valence-corrected chi connectivity index (χ4v) is 2.66. The van der Waals surface area contributed by atoms with Gasteiger partial charge < -0.3 is 10.4 Å². The van der Waals surface area contributed by atoms with Crippen LogP contribution in [0.4, 0.5) is 5.69 Å². The maximum atomic E-state index is 10.9. The SMILES string of the molecule is Cc1cc(Br)c(NC2CCC2C(=O)O)cc1Cl. The van der Waals surface area contributed by atoms with Crippen molar-refractivity contribution in [3.05, 3.63) is 27.2 Å². The van der Waals surface area contributed by atoms with Crippen molar-refractivity contribution in [2.24, 2.45) is 5.92 Å². The van der Waals surface area contributed by atoms with Gasteiger partial charge in [-0.25, -0.2) is 0 Å². The second-order valence-electron chi connectivity index (χ2n) is 4.35. The maximum Gasteiger partial charge on any atom is 0.308 e. The highest BCUT2D eigenvalue weighted by atomic mass is 79.9. The number of carboxylic acid groups (broad SMARTS) is 1. The molecule has 1 aliphatic rings. The maximum absolute atomic E-state index is 10.9. The Kier molecular flexibility index (Phi) is 3.64. The quantitative estimate of drug-likeness (QED) is 0.893. The number of anilines is 1. The van der Waals surface area contributed by atoms with Crippen LogP contribution in [0.5, 0.6) is 0 Å². The molecule has 0 amide bonds. The molecule has 2 unspecified atom stereocenters. The number of nitrogens with one attached hydrogen (secondary N) is 1. The Bertz CT molecular complexity index is 464. The molecule has 1 saturated carbocycles. The molecule has 3 nitrogen and oxygen atoms in total. The van der Waals surface area contributed by atoms with Gasteiger partial charge in [-0.05, 0) is 53.4 Å². The summed E-state index contributed by atoms with van der Waals surface area (Å²) in [6.07, 6.45) is 1.62. The molecule has 0 aliphatic heterocycles. The monoisotopic (exact) mass is 317 g/mol. The van der Waals surface area contributed by atoms with Crippen LogP contribution in [0.3, 0.4) is 0 Å². The molecule has 2 atom stereocenters. The molecule has 5 heteroatoms. The van der Waals surface area contributed by atoms with E-state index >= 15 is 0 Å². The van der Waals surface area contributed by atoms with E-state index in [1.807, 2.05) is 19.1 Å². The van der Waals surface area contributed by atoms with Crippen LogP contribution in [-0.2, 0) is 4.79 Å². The lowest BCUT2D eigenvalue weighted by Crippen LogP contribution is -2.43. The Morgan fingerprint density at radius 2 is 2.24 bits per heavy atom. The minimum Gasteiger partial charge on any atom is -0.481 e. The molecule has 0 radical (unpaired) electrons. The van der Waals surface area contributed by atoms with Gasteiger partial charge in [-0.15, -0.1) is 0 Å². The average Bonchev–Trinajstić information content (AvgIpc) is 2.18. The van der Waals surface area contributed by atoms with Gasteiger partial charge in [0, 0.05) is 15.5 Å². The summed E-state index contributed by atoms with van der Waals surface area (Å²) in [5, 5.41) is 12.9. The highest BCUT2D eigenvalue weighted by Crippen LogP contribution is 2.35. The molecule has 2 N–H and O–H groups in total. The van der Waals surface area contributed by atoms with Crippen molar-refractivity contribution in [2.45, 2.75) is 25.8 Å². The molecule has 0 bridgehead atoms. The Labute approximate surface area is 113 Å². The van der Waals surface area contributed by atoms with Gasteiger partial charge in [-0.3, -0.25) is 4.79 Å². The van der Waals surface area contributed by atoms with Gasteiger partial charge in [0.1, 0.15) is 0 Å². The molecule has 0 heterocycles. The molecular weight excluding hydrogens is 305 g/mol. The third-order valence-electron chi connectivity index (χ3n) is 3.18. The Morgan fingerprint density at radius 1 is 1.53 bits per heavy atom. The van der Waals surface area contributed by atoms with Crippen LogP contribution in [0.15, 0.2) is 16.6 Å². The lowest BCUT2D eigenvalue weighted by molar-refractivity contribution is -0.144. The molecule has 1 aromatic rings. The number of aliphatic carboxylic acids is 1. The van der Waals surface area contributed by atoms with Gasteiger partial charge in [0.05, 0.1) is 11.6 Å². The number of benzene rings is 1. The highest BCUT2D eigenvalue weighted by molar-refractivity contribution is 9.10. The van der Waals surface area contributed by atoms with Crippen LogP contribution in [0, 0.1) is 12.8 Å². The van der Waals surface area contributed by atoms with E-state index in [9.17, 15) is 4.79 Å². The van der Waals surface area contributed by atoms with Gasteiger partial charge in [0.25, 0.3) is 0 Å². The van der Waals surface area contributed by atoms with Gasteiger partial charge in [-0.1, -0.05) is 11.6 Å². The molecule has 1 aromatic carbocycles. The van der Waals surface area contributed by atoms with E-state index in [0.717, 1.165) is 28.6 Å². The number of carboxylic acids is 1. The van der Waals surface area contributed by atoms with E-state index in [-0.39, 0.29) is 12.0 Å². The molecule has 0 saturated heterocycles. The van der Waals surface area contributed by atoms with E-state index < -0.39 is 5.97 Å². The zero-order chi connectivity index (χ0) is 12.6. The van der Waals surface area contributed by atoms with Crippen molar-refractivity contribution in [2.75, 3.05) is 5.32 Å². The highest BCUT2D eigenvalue weighted by Gasteiger charge is 2.36. The smallest absolute Gasteiger partial charge is 0.308 e. The Morgan fingerprint density at radius 3 is 2.76 bits per heavy atom. The number of hydrogen-bond donors (Lipinski definition) is 2. The van der Waals surface area contributed by atoms with Gasteiger partial charge in [0.15, 0.2) is 0 Å². The van der Waals surface area contributed by atoms with E-state index in [4.69, 9.17) is 16.7 Å². The summed E-state index contributed by atoms with van der Waals surface area (Å²) in [5.74, 6) is -1.02. The lowest BCUT2D eigenvalue weighted by atomic mass is 9.79. The second-order valence-corrected chi connectivity index (χ2v) is 5.62. The van der Waals surface area contributed by atoms with Crippen molar-refractivity contribution < 1.29 is 9.90 Å². The molecule has 0 aromatic heterocycles. The van der Waals surface area contributed by atoms with Gasteiger partial charge in [-0.2, -0.15) is 0 Å². The third kappa shape index (κ3) is 2.58. The zero-order valence-corrected chi connectivity index (χ0v) is 11.7. The predicted octanol–water partition coefficient (Wildman–Crippen LogP) is 3.69. The van der Waals surface area contributed by atoms with E-state index in [0.29, 0.717) is 5.02 Å². The number of carbonyl (C=O) groups is 1. The first kappa shape index (κ1) is 12.7. The van der Waals surface area contributed by atoms with E-state index in [1.165, 1.54) is 0 Å². The Balaban J connectivity index is 2.14. The average molecular weight is 319 g/mol. The van der Waals surface area contributed by atoms with Crippen LogP contribution in [0.1, 0.15) is 18.4 Å². The van der Waals surface area contributed by atoms with Crippen LogP contribution in [-0.4, -0.2) is 17.1 Å². The summed E-state index contributed by atoms with van der Waals surface area (Å²) >= 11 is 9.50. The van der Waals surface area contributed by atoms with Crippen molar-refractivity contribution in [3.63, 3.8) is 0 Å². The van der Waals surface area contributed by atoms with Crippen LogP contribution < -0.4 is 5.32 Å².